The quantitative estimate of drug-likeness (QED) is 0.344. The Hall–Kier alpha value is -2.12. The lowest BCUT2D eigenvalue weighted by Gasteiger charge is -2.44. The van der Waals surface area contributed by atoms with Crippen LogP contribution in [0.2, 0.25) is 11.1 Å². The lowest BCUT2D eigenvalue weighted by Crippen LogP contribution is -2.49. The number of benzene rings is 3. The number of hydrogen-bond acceptors (Lipinski definition) is 0. The van der Waals surface area contributed by atoms with E-state index >= 15 is 0 Å². The second-order valence-electron chi connectivity index (χ2n) is 8.05. The highest BCUT2D eigenvalue weighted by molar-refractivity contribution is 6.81. The molecule has 0 unspecified atom stereocenters. The van der Waals surface area contributed by atoms with Gasteiger partial charge >= 0.3 is 0 Å². The monoisotopic (exact) mass is 401 g/mol. The molecule has 0 spiro atoms. The second-order valence-corrected chi connectivity index (χ2v) is 13.3. The molecule has 146 valence electrons. The van der Waals surface area contributed by atoms with Crippen molar-refractivity contribution in [2.75, 3.05) is 0 Å². The van der Waals surface area contributed by atoms with Gasteiger partial charge in [-0.2, -0.15) is 0 Å². The van der Waals surface area contributed by atoms with E-state index in [-0.39, 0.29) is 71.5 Å². The Morgan fingerprint density at radius 1 is 0.643 bits per heavy atom. The van der Waals surface area contributed by atoms with Gasteiger partial charge in [-0.15, -0.1) is 0 Å². The van der Waals surface area contributed by atoms with E-state index < -0.39 is 67.5 Å². The Kier molecular flexibility index (Phi) is 2.92. The summed E-state index contributed by atoms with van der Waals surface area (Å²) in [6.07, 6.45) is 0.399. The van der Waals surface area contributed by atoms with Gasteiger partial charge in [-0.3, -0.25) is 0 Å². The molecule has 0 radical (unpaired) electrons. The molecule has 0 atom stereocenters. The minimum Gasteiger partial charge on any atom is -0.0625 e. The molecule has 0 aliphatic rings. The lowest BCUT2D eigenvalue weighted by molar-refractivity contribution is 0.680. The molecular formula is C27H34Si. The van der Waals surface area contributed by atoms with Gasteiger partial charge in [0.25, 0.3) is 0 Å². The fourth-order valence-corrected chi connectivity index (χ4v) is 8.40. The maximum atomic E-state index is 8.60. The van der Waals surface area contributed by atoms with Crippen molar-refractivity contribution in [2.45, 2.75) is 56.8 Å². The molecule has 0 saturated heterocycles. The van der Waals surface area contributed by atoms with E-state index in [1.165, 1.54) is 0 Å². The standard InChI is InChI=1S/C27H34Si/c1-27(2,3)28(22-25-16-9-5-10-17-25,23-26-18-11-6-12-19-26)21-13-20-24-14-7-4-8-15-24/h4-12,14-19H,13,20-23H2,1-3H3/i4D,5D,6D,7D,8D,9D,10D,11D,12D,14D,15D,16D,17D,18D,19D. The normalized spacial score (nSPS) is 19.6. The molecule has 0 bridgehead atoms. The van der Waals surface area contributed by atoms with Crippen molar-refractivity contribution in [3.05, 3.63) is 107 Å². The number of hydrogen-bond donors (Lipinski definition) is 0. The van der Waals surface area contributed by atoms with E-state index in [0.29, 0.717) is 12.5 Å². The van der Waals surface area contributed by atoms with Gasteiger partial charge in [-0.05, 0) is 29.1 Å². The fraction of sp³-hybridized carbons (Fsp3) is 0.333. The van der Waals surface area contributed by atoms with Gasteiger partial charge in [0.1, 0.15) is 0 Å². The molecule has 0 saturated carbocycles. The van der Waals surface area contributed by atoms with Crippen LogP contribution in [0.1, 0.15) is 64.4 Å². The zero-order valence-corrected chi connectivity index (χ0v) is 17.5. The first-order chi connectivity index (χ1) is 19.7. The first-order valence-electron chi connectivity index (χ1n) is 16.9. The van der Waals surface area contributed by atoms with Crippen LogP contribution in [-0.4, -0.2) is 8.07 Å². The van der Waals surface area contributed by atoms with E-state index in [0.717, 1.165) is 0 Å². The zero-order valence-electron chi connectivity index (χ0n) is 31.5. The molecule has 28 heavy (non-hydrogen) atoms. The predicted octanol–water partition coefficient (Wildman–Crippen LogP) is 7.43. The molecular weight excluding hydrogens is 352 g/mol. The summed E-state index contributed by atoms with van der Waals surface area (Å²) in [4.78, 5) is 0. The summed E-state index contributed by atoms with van der Waals surface area (Å²) < 4.78 is 124. The molecule has 0 nitrogen and oxygen atoms in total. The molecule has 3 aromatic carbocycles. The first kappa shape index (κ1) is 8.71. The van der Waals surface area contributed by atoms with E-state index in [1.807, 2.05) is 20.8 Å². The van der Waals surface area contributed by atoms with Crippen molar-refractivity contribution in [1.82, 2.24) is 0 Å². The Morgan fingerprint density at radius 3 is 1.43 bits per heavy atom. The van der Waals surface area contributed by atoms with Gasteiger partial charge in [0.15, 0.2) is 0 Å². The van der Waals surface area contributed by atoms with E-state index in [1.54, 1.807) is 0 Å². The molecule has 0 aliphatic heterocycles. The van der Waals surface area contributed by atoms with Gasteiger partial charge in [0, 0.05) is 0 Å². The average molecular weight is 402 g/mol. The third-order valence-corrected chi connectivity index (χ3v) is 11.9. The first-order valence-corrected chi connectivity index (χ1v) is 12.0. The van der Waals surface area contributed by atoms with Crippen molar-refractivity contribution in [3.63, 3.8) is 0 Å². The fourth-order valence-electron chi connectivity index (χ4n) is 3.55. The molecule has 0 fully saturated rings. The predicted molar refractivity (Wildman–Crippen MR) is 125 cm³/mol. The summed E-state index contributed by atoms with van der Waals surface area (Å²) in [6.45, 7) is 5.77. The van der Waals surface area contributed by atoms with Crippen LogP contribution >= 0.6 is 0 Å². The maximum absolute atomic E-state index is 8.60. The summed E-state index contributed by atoms with van der Waals surface area (Å²) in [5.41, 5.74) is 0.305. The van der Waals surface area contributed by atoms with Gasteiger partial charge in [0.05, 0.1) is 28.6 Å². The minimum absolute atomic E-state index is 0.0366. The van der Waals surface area contributed by atoms with Crippen molar-refractivity contribution < 1.29 is 20.6 Å². The van der Waals surface area contributed by atoms with Crippen LogP contribution in [0.25, 0.3) is 0 Å². The molecule has 0 amide bonds. The van der Waals surface area contributed by atoms with Crippen molar-refractivity contribution in [2.24, 2.45) is 0 Å². The van der Waals surface area contributed by atoms with E-state index in [2.05, 4.69) is 0 Å². The molecule has 0 N–H and O–H groups in total. The van der Waals surface area contributed by atoms with Crippen LogP contribution in [-0.2, 0) is 18.5 Å². The summed E-state index contributed by atoms with van der Waals surface area (Å²) in [5, 5.41) is -0.599. The van der Waals surface area contributed by atoms with E-state index in [4.69, 9.17) is 20.6 Å². The maximum Gasteiger partial charge on any atom is 0.0677 e. The Balaban J connectivity index is 2.25. The molecule has 0 aromatic heterocycles. The third kappa shape index (κ3) is 5.45. The smallest absolute Gasteiger partial charge is 0.0625 e. The van der Waals surface area contributed by atoms with Crippen molar-refractivity contribution in [1.29, 1.82) is 0 Å². The van der Waals surface area contributed by atoms with Crippen LogP contribution < -0.4 is 0 Å². The summed E-state index contributed by atoms with van der Waals surface area (Å²) in [6, 6.07) is -6.09. The number of rotatable bonds is 8. The van der Waals surface area contributed by atoms with Crippen LogP contribution in [0.5, 0.6) is 0 Å². The highest BCUT2D eigenvalue weighted by Gasteiger charge is 2.43. The SMILES string of the molecule is [2H]c1c([2H])c([2H])c(CCC[Si](Cc2c([2H])c([2H])c([2H])c([2H])c2[2H])(Cc2c([2H])c([2H])c([2H])c([2H])c2[2H])C(C)(C)C)c([2H])c1[2H]. The minimum atomic E-state index is -3.15. The molecule has 0 heterocycles. The van der Waals surface area contributed by atoms with Crippen LogP contribution in [0.4, 0.5) is 0 Å². The van der Waals surface area contributed by atoms with E-state index in [9.17, 15) is 0 Å². The van der Waals surface area contributed by atoms with Gasteiger partial charge < -0.3 is 0 Å². The van der Waals surface area contributed by atoms with Gasteiger partial charge in [0.2, 0.25) is 0 Å². The Labute approximate surface area is 193 Å². The Bertz CT molecular complexity index is 1430. The topological polar surface area (TPSA) is 0 Å². The molecule has 3 rings (SSSR count). The van der Waals surface area contributed by atoms with Crippen LogP contribution in [0, 0.1) is 0 Å². The Morgan fingerprint density at radius 2 is 1.04 bits per heavy atom. The van der Waals surface area contributed by atoms with Crippen LogP contribution in [0.3, 0.4) is 0 Å². The summed E-state index contributed by atoms with van der Waals surface area (Å²) >= 11 is 0. The molecule has 3 aromatic rings. The largest absolute Gasteiger partial charge is 0.0677 e. The molecule has 0 aliphatic carbocycles. The van der Waals surface area contributed by atoms with Crippen LogP contribution in [0.15, 0.2) is 90.6 Å². The summed E-state index contributed by atoms with van der Waals surface area (Å²) in [7, 11) is -3.15. The van der Waals surface area contributed by atoms with Gasteiger partial charge in [-0.25, -0.2) is 0 Å². The lowest BCUT2D eigenvalue weighted by atomic mass is 10.1. The highest BCUT2D eigenvalue weighted by atomic mass is 28.3. The summed E-state index contributed by atoms with van der Waals surface area (Å²) in [5.74, 6) is 0. The second kappa shape index (κ2) is 9.38. The zero-order chi connectivity index (χ0) is 32.9. The third-order valence-electron chi connectivity index (χ3n) is 5.36. The van der Waals surface area contributed by atoms with Crippen molar-refractivity contribution >= 4 is 8.07 Å². The van der Waals surface area contributed by atoms with Gasteiger partial charge in [-0.1, -0.05) is 135 Å². The van der Waals surface area contributed by atoms with Crippen molar-refractivity contribution in [3.8, 4) is 0 Å². The average Bonchev–Trinajstić information content (AvgIpc) is 2.96. The molecule has 1 heteroatoms. The highest BCUT2D eigenvalue weighted by Crippen LogP contribution is 2.44.